The summed E-state index contributed by atoms with van der Waals surface area (Å²) in [5, 5.41) is 10.2. The van der Waals surface area contributed by atoms with Crippen molar-refractivity contribution in [3.05, 3.63) is 76.9 Å². The molecule has 0 amide bonds. The monoisotopic (exact) mass is 542 g/mol. The van der Waals surface area contributed by atoms with Crippen LogP contribution in [0.1, 0.15) is 54.2 Å². The van der Waals surface area contributed by atoms with Crippen LogP contribution >= 0.6 is 7.14 Å². The minimum atomic E-state index is -3.87. The van der Waals surface area contributed by atoms with Crippen LogP contribution in [0.5, 0.6) is 23.0 Å². The maximum atomic E-state index is 14.9. The van der Waals surface area contributed by atoms with Crippen LogP contribution in [0.2, 0.25) is 0 Å². The van der Waals surface area contributed by atoms with Crippen molar-refractivity contribution in [3.8, 4) is 23.0 Å². The van der Waals surface area contributed by atoms with E-state index in [1.54, 1.807) is 48.5 Å². The first-order valence-electron chi connectivity index (χ1n) is 12.6. The molecule has 0 aliphatic carbocycles. The van der Waals surface area contributed by atoms with Crippen LogP contribution in [0, 0.1) is 0 Å². The third-order valence-electron chi connectivity index (χ3n) is 6.00. The summed E-state index contributed by atoms with van der Waals surface area (Å²) in [7, 11) is 2.02. The molecule has 0 spiro atoms. The van der Waals surface area contributed by atoms with Gasteiger partial charge >= 0.3 is 0 Å². The molecule has 206 valence electrons. The number of aliphatic hydroxyl groups excluding tert-OH is 1. The highest BCUT2D eigenvalue weighted by Gasteiger charge is 2.40. The Bertz CT molecular complexity index is 1260. The van der Waals surface area contributed by atoms with E-state index in [9.17, 15) is 14.5 Å². The van der Waals surface area contributed by atoms with Gasteiger partial charge in [-0.15, -0.1) is 0 Å². The lowest BCUT2D eigenvalue weighted by Crippen LogP contribution is -2.18. The predicted octanol–water partition coefficient (Wildman–Crippen LogP) is 6.22. The summed E-state index contributed by atoms with van der Waals surface area (Å²) < 4.78 is 37.2. The second-order valence-electron chi connectivity index (χ2n) is 8.53. The largest absolute Gasteiger partial charge is 0.496 e. The van der Waals surface area contributed by atoms with Crippen LogP contribution in [0.4, 0.5) is 0 Å². The molecule has 0 radical (unpaired) electrons. The number of benzene rings is 3. The Morgan fingerprint density at radius 1 is 0.763 bits per heavy atom. The van der Waals surface area contributed by atoms with E-state index in [-0.39, 0.29) is 24.1 Å². The average Bonchev–Trinajstić information content (AvgIpc) is 2.96. The fraction of sp³-hybridized carbons (Fsp3) is 0.367. The molecule has 1 atom stereocenters. The number of carbonyl (C=O) groups is 1. The van der Waals surface area contributed by atoms with Crippen molar-refractivity contribution in [3.63, 3.8) is 0 Å². The van der Waals surface area contributed by atoms with Crippen molar-refractivity contribution in [2.45, 2.75) is 46.4 Å². The van der Waals surface area contributed by atoms with Gasteiger partial charge in [-0.25, -0.2) is 0 Å². The number of aryl methyl sites for hydroxylation is 1. The van der Waals surface area contributed by atoms with E-state index in [1.165, 1.54) is 34.9 Å². The summed E-state index contributed by atoms with van der Waals surface area (Å²) in [5.74, 6) is 1.36. The van der Waals surface area contributed by atoms with E-state index < -0.39 is 12.7 Å². The maximum absolute atomic E-state index is 14.9. The van der Waals surface area contributed by atoms with Crippen molar-refractivity contribution in [1.82, 2.24) is 0 Å². The van der Waals surface area contributed by atoms with E-state index in [2.05, 4.69) is 13.8 Å². The Kier molecular flexibility index (Phi) is 11.9. The van der Waals surface area contributed by atoms with Crippen molar-refractivity contribution in [1.29, 1.82) is 0 Å². The van der Waals surface area contributed by atoms with Gasteiger partial charge in [0.15, 0.2) is 7.14 Å². The first kappa shape index (κ1) is 30.9. The Morgan fingerprint density at radius 2 is 1.32 bits per heavy atom. The molecule has 3 rings (SSSR count). The van der Waals surface area contributed by atoms with Crippen LogP contribution < -0.4 is 24.3 Å². The van der Waals surface area contributed by atoms with Gasteiger partial charge in [0.2, 0.25) is 5.52 Å². The zero-order chi connectivity index (χ0) is 28.3. The highest BCUT2D eigenvalue weighted by atomic mass is 31.2. The highest BCUT2D eigenvalue weighted by Crippen LogP contribution is 2.56. The Balaban J connectivity index is 0.00000161. The molecule has 0 saturated carbocycles. The average molecular weight is 543 g/mol. The third-order valence-corrected chi connectivity index (χ3v) is 8.77. The normalized spacial score (nSPS) is 12.0. The first-order valence-corrected chi connectivity index (χ1v) is 14.5. The van der Waals surface area contributed by atoms with Gasteiger partial charge in [0.05, 0.1) is 35.0 Å². The van der Waals surface area contributed by atoms with Gasteiger partial charge in [-0.05, 0) is 30.2 Å². The van der Waals surface area contributed by atoms with E-state index >= 15 is 0 Å². The number of hydrogen-bond acceptors (Lipinski definition) is 7. The van der Waals surface area contributed by atoms with Gasteiger partial charge < -0.3 is 28.6 Å². The Morgan fingerprint density at radius 3 is 1.82 bits per heavy atom. The lowest BCUT2D eigenvalue weighted by molar-refractivity contribution is 0.106. The molecule has 0 saturated heterocycles. The number of carbonyl (C=O) groups excluding carboxylic acids is 1. The molecule has 0 aliphatic rings. The second kappa shape index (κ2) is 14.6. The molecule has 38 heavy (non-hydrogen) atoms. The minimum Gasteiger partial charge on any atom is -0.496 e. The van der Waals surface area contributed by atoms with Crippen LogP contribution in [0.25, 0.3) is 0 Å². The summed E-state index contributed by atoms with van der Waals surface area (Å²) in [5.41, 5.74) is 1.28. The number of methoxy groups -OCH3 is 4. The predicted molar refractivity (Wildman–Crippen MR) is 152 cm³/mol. The first-order chi connectivity index (χ1) is 18.3. The lowest BCUT2D eigenvalue weighted by atomic mass is 10.1. The van der Waals surface area contributed by atoms with Crippen molar-refractivity contribution < 1.29 is 33.4 Å². The van der Waals surface area contributed by atoms with Gasteiger partial charge in [-0.2, -0.15) is 0 Å². The van der Waals surface area contributed by atoms with E-state index in [1.807, 2.05) is 13.0 Å². The number of aliphatic hydroxyl groups is 1. The van der Waals surface area contributed by atoms with E-state index in [0.717, 1.165) is 5.56 Å². The second-order valence-corrected chi connectivity index (χ2v) is 11.2. The molecular weight excluding hydrogens is 503 g/mol. The number of hydrogen-bond donors (Lipinski definition) is 1. The Labute approximate surface area is 226 Å². The van der Waals surface area contributed by atoms with E-state index in [0.29, 0.717) is 40.1 Å². The Hall–Kier alpha value is -3.28. The fourth-order valence-corrected chi connectivity index (χ4v) is 6.75. The zero-order valence-corrected chi connectivity index (χ0v) is 24.3. The quantitative estimate of drug-likeness (QED) is 0.288. The van der Waals surface area contributed by atoms with Crippen LogP contribution in [0.3, 0.4) is 0 Å². The van der Waals surface area contributed by atoms with Crippen LogP contribution in [-0.2, 0) is 23.8 Å². The van der Waals surface area contributed by atoms with E-state index in [4.69, 9.17) is 18.9 Å². The molecule has 8 heteroatoms. The summed E-state index contributed by atoms with van der Waals surface area (Å²) >= 11 is 0. The molecule has 1 unspecified atom stereocenters. The van der Waals surface area contributed by atoms with Crippen LogP contribution in [-0.4, -0.2) is 39.1 Å². The molecular formula is C30H39O7P. The fourth-order valence-electron chi connectivity index (χ4n) is 4.22. The summed E-state index contributed by atoms with van der Waals surface area (Å²) in [4.78, 5) is 14.3. The van der Waals surface area contributed by atoms with Gasteiger partial charge in [-0.1, -0.05) is 63.6 Å². The molecule has 7 nitrogen and oxygen atoms in total. The maximum Gasteiger partial charge on any atom is 0.233 e. The summed E-state index contributed by atoms with van der Waals surface area (Å²) in [6, 6.07) is 15.5. The molecule has 0 fully saturated rings. The van der Waals surface area contributed by atoms with Crippen LogP contribution in [0.15, 0.2) is 54.6 Å². The smallest absolute Gasteiger partial charge is 0.233 e. The molecule has 0 aliphatic heterocycles. The highest BCUT2D eigenvalue weighted by molar-refractivity contribution is 7.86. The van der Waals surface area contributed by atoms with Gasteiger partial charge in [0.25, 0.3) is 0 Å². The molecule has 0 bridgehead atoms. The molecule has 1 N–H and O–H groups in total. The van der Waals surface area contributed by atoms with Crippen molar-refractivity contribution in [2.24, 2.45) is 0 Å². The van der Waals surface area contributed by atoms with Crippen molar-refractivity contribution >= 4 is 18.0 Å². The standard InChI is InChI=1S/C27H31O7P.C3H8/c1-6-18-12-15-23(32-3)24(26(18)34-5)27(29)35(30,20-10-8-7-9-11-20)17-21-22(31-2)14-13-19(16-28)25(21)33-4;1-3-2/h7-15,28H,6,16-17H2,1-5H3;3H2,1-2H3. The summed E-state index contributed by atoms with van der Waals surface area (Å²) in [6.45, 7) is 5.91. The van der Waals surface area contributed by atoms with Crippen molar-refractivity contribution in [2.75, 3.05) is 28.4 Å². The number of ether oxygens (including phenoxy) is 4. The number of rotatable bonds is 11. The third kappa shape index (κ3) is 6.40. The van der Waals surface area contributed by atoms with Gasteiger partial charge in [-0.3, -0.25) is 4.79 Å². The van der Waals surface area contributed by atoms with Gasteiger partial charge in [0, 0.05) is 22.6 Å². The lowest BCUT2D eigenvalue weighted by Gasteiger charge is -2.24. The zero-order valence-electron chi connectivity index (χ0n) is 23.4. The summed E-state index contributed by atoms with van der Waals surface area (Å²) in [6.07, 6.45) is 1.68. The SMILES string of the molecule is CCC.CCc1ccc(OC)c(C(=O)P(=O)(Cc2c(OC)ccc(CO)c2OC)c2ccccc2)c1OC. The molecule has 0 heterocycles. The molecule has 3 aromatic carbocycles. The minimum absolute atomic E-state index is 0.137. The topological polar surface area (TPSA) is 91.3 Å². The molecule has 0 aromatic heterocycles. The molecule has 3 aromatic rings. The van der Waals surface area contributed by atoms with Gasteiger partial charge in [0.1, 0.15) is 28.6 Å².